The number of carbonyl (C=O) groups excluding carboxylic acids is 2. The fourth-order valence-corrected chi connectivity index (χ4v) is 5.03. The van der Waals surface area contributed by atoms with Crippen molar-refractivity contribution >= 4 is 36.0 Å². The minimum absolute atomic E-state index is 0.165. The van der Waals surface area contributed by atoms with E-state index in [1.54, 1.807) is 0 Å². The van der Waals surface area contributed by atoms with E-state index in [4.69, 9.17) is 4.74 Å². The third-order valence-electron chi connectivity index (χ3n) is 4.68. The molecule has 0 aliphatic heterocycles. The Morgan fingerprint density at radius 2 is 1.00 bits per heavy atom. The Kier molecular flexibility index (Phi) is 25.4. The van der Waals surface area contributed by atoms with Crippen molar-refractivity contribution in [2.24, 2.45) is 0 Å². The number of ether oxygens (including phenoxy) is 2. The van der Waals surface area contributed by atoms with Crippen LogP contribution >= 0.6 is 23.5 Å². The van der Waals surface area contributed by atoms with E-state index in [2.05, 4.69) is 28.3 Å². The van der Waals surface area contributed by atoms with Crippen LogP contribution in [0.15, 0.2) is 0 Å². The van der Waals surface area contributed by atoms with Crippen LogP contribution in [0, 0.1) is 0 Å². The zero-order valence-corrected chi connectivity index (χ0v) is 20.3. The third kappa shape index (κ3) is 27.6. The Labute approximate surface area is 188 Å². The maximum absolute atomic E-state index is 10.6. The molecule has 0 atom stereocenters. The summed E-state index contributed by atoms with van der Waals surface area (Å²) >= 11 is 4.19. The molecule has 0 bridgehead atoms. The van der Waals surface area contributed by atoms with Gasteiger partial charge in [0.05, 0.1) is 13.2 Å². The normalized spacial score (nSPS) is 10.8. The first-order chi connectivity index (χ1) is 14.3. The van der Waals surface area contributed by atoms with Crippen LogP contribution in [0.25, 0.3) is 0 Å². The van der Waals surface area contributed by atoms with Crippen LogP contribution in [-0.4, -0.2) is 48.7 Å². The predicted octanol–water partition coefficient (Wildman–Crippen LogP) is 6.65. The van der Waals surface area contributed by atoms with Gasteiger partial charge in [-0.25, -0.2) is 0 Å². The van der Waals surface area contributed by atoms with Gasteiger partial charge in [-0.05, 0) is 61.5 Å². The van der Waals surface area contributed by atoms with Crippen molar-refractivity contribution in [1.82, 2.24) is 0 Å². The number of esters is 1. The molecule has 6 heteroatoms. The number of hydrogen-bond donors (Lipinski definition) is 0. The summed E-state index contributed by atoms with van der Waals surface area (Å²) in [5.41, 5.74) is 0. The summed E-state index contributed by atoms with van der Waals surface area (Å²) < 4.78 is 9.62. The highest BCUT2D eigenvalue weighted by atomic mass is 32.2. The van der Waals surface area contributed by atoms with Gasteiger partial charge in [0.2, 0.25) is 0 Å². The molecule has 0 radical (unpaired) electrons. The molecule has 0 aromatic rings. The molecule has 0 N–H and O–H groups in total. The summed E-state index contributed by atoms with van der Waals surface area (Å²) in [4.78, 5) is 20.6. The number of rotatable bonds is 24. The first kappa shape index (κ1) is 28.6. The maximum atomic E-state index is 10.6. The second-order valence-corrected chi connectivity index (χ2v) is 9.93. The molecule has 4 nitrogen and oxygen atoms in total. The monoisotopic (exact) mass is 448 g/mol. The second-order valence-electron chi connectivity index (χ2n) is 7.48. The molecule has 0 unspecified atom stereocenters. The molecule has 0 saturated carbocycles. The van der Waals surface area contributed by atoms with Crippen LogP contribution in [0.5, 0.6) is 0 Å². The highest BCUT2D eigenvalue weighted by Crippen LogP contribution is 2.14. The number of thioether (sulfide) groups is 2. The SMILES string of the molecule is CC(=O)OCCCCCCSCCCCCCCCSCCCCCCOC=O. The summed E-state index contributed by atoms with van der Waals surface area (Å²) in [5.74, 6) is 5.01. The van der Waals surface area contributed by atoms with E-state index in [0.717, 1.165) is 12.8 Å². The van der Waals surface area contributed by atoms with Gasteiger partial charge in [-0.1, -0.05) is 51.4 Å². The fraction of sp³-hybridized carbons (Fsp3) is 0.913. The zero-order valence-electron chi connectivity index (χ0n) is 18.7. The van der Waals surface area contributed by atoms with Gasteiger partial charge >= 0.3 is 5.97 Å². The molecule has 0 amide bonds. The van der Waals surface area contributed by atoms with E-state index in [9.17, 15) is 9.59 Å². The lowest BCUT2D eigenvalue weighted by Gasteiger charge is -2.04. The van der Waals surface area contributed by atoms with Gasteiger partial charge in [0.1, 0.15) is 0 Å². The first-order valence-electron chi connectivity index (χ1n) is 11.6. The molecule has 0 aliphatic carbocycles. The van der Waals surface area contributed by atoms with Crippen molar-refractivity contribution in [3.63, 3.8) is 0 Å². The average Bonchev–Trinajstić information content (AvgIpc) is 2.71. The quantitative estimate of drug-likeness (QED) is 0.0936. The summed E-state index contributed by atoms with van der Waals surface area (Å²) in [6, 6.07) is 0. The minimum atomic E-state index is -0.165. The summed E-state index contributed by atoms with van der Waals surface area (Å²) in [5, 5.41) is 0. The van der Waals surface area contributed by atoms with Crippen molar-refractivity contribution in [3.05, 3.63) is 0 Å². The van der Waals surface area contributed by atoms with E-state index in [-0.39, 0.29) is 5.97 Å². The highest BCUT2D eigenvalue weighted by Gasteiger charge is 1.96. The smallest absolute Gasteiger partial charge is 0.302 e. The molecule has 0 saturated heterocycles. The summed E-state index contributed by atoms with van der Waals surface area (Å²) in [7, 11) is 0. The zero-order chi connectivity index (χ0) is 21.3. The van der Waals surface area contributed by atoms with E-state index < -0.39 is 0 Å². The molecular formula is C23H44O4S2. The molecule has 0 heterocycles. The van der Waals surface area contributed by atoms with Gasteiger partial charge in [0.25, 0.3) is 6.47 Å². The first-order valence-corrected chi connectivity index (χ1v) is 13.9. The Balaban J connectivity index is 3.00. The average molecular weight is 449 g/mol. The van der Waals surface area contributed by atoms with E-state index in [0.29, 0.717) is 19.7 Å². The number of carbonyl (C=O) groups is 2. The lowest BCUT2D eigenvalue weighted by Crippen LogP contribution is -2.00. The van der Waals surface area contributed by atoms with E-state index >= 15 is 0 Å². The standard InChI is InChI=1S/C23H44O4S2/c1-23(25)27-17-11-5-9-15-21-29-19-13-7-3-2-6-12-18-28-20-14-8-4-10-16-26-22-24/h22H,2-21H2,1H3. The molecule has 0 aliphatic rings. The topological polar surface area (TPSA) is 52.6 Å². The Morgan fingerprint density at radius 3 is 1.41 bits per heavy atom. The Morgan fingerprint density at radius 1 is 0.621 bits per heavy atom. The molecule has 0 fully saturated rings. The van der Waals surface area contributed by atoms with Gasteiger partial charge < -0.3 is 9.47 Å². The molecule has 0 aromatic heterocycles. The van der Waals surface area contributed by atoms with Crippen LogP contribution < -0.4 is 0 Å². The molecule has 0 spiro atoms. The third-order valence-corrected chi connectivity index (χ3v) is 6.99. The minimum Gasteiger partial charge on any atom is -0.468 e. The van der Waals surface area contributed by atoms with Crippen molar-refractivity contribution in [1.29, 1.82) is 0 Å². The van der Waals surface area contributed by atoms with Crippen molar-refractivity contribution in [3.8, 4) is 0 Å². The van der Waals surface area contributed by atoms with Crippen LogP contribution in [0.3, 0.4) is 0 Å². The van der Waals surface area contributed by atoms with Crippen molar-refractivity contribution in [2.75, 3.05) is 36.2 Å². The van der Waals surface area contributed by atoms with Crippen molar-refractivity contribution < 1.29 is 19.1 Å². The maximum Gasteiger partial charge on any atom is 0.302 e. The van der Waals surface area contributed by atoms with Crippen LogP contribution in [-0.2, 0) is 19.1 Å². The Hall–Kier alpha value is -0.360. The second kappa shape index (κ2) is 25.7. The lowest BCUT2D eigenvalue weighted by atomic mass is 10.1. The summed E-state index contributed by atoms with van der Waals surface area (Å²) in [6.45, 7) is 3.17. The van der Waals surface area contributed by atoms with Gasteiger partial charge in [0, 0.05) is 6.92 Å². The lowest BCUT2D eigenvalue weighted by molar-refractivity contribution is -0.141. The Bertz CT molecular complexity index is 354. The number of unbranched alkanes of at least 4 members (excludes halogenated alkanes) is 11. The largest absolute Gasteiger partial charge is 0.468 e. The van der Waals surface area contributed by atoms with Crippen molar-refractivity contribution in [2.45, 2.75) is 96.8 Å². The fourth-order valence-electron chi connectivity index (χ4n) is 2.99. The van der Waals surface area contributed by atoms with E-state index in [1.807, 2.05) is 0 Å². The van der Waals surface area contributed by atoms with Crippen LogP contribution in [0.1, 0.15) is 96.8 Å². The van der Waals surface area contributed by atoms with Crippen LogP contribution in [0.4, 0.5) is 0 Å². The van der Waals surface area contributed by atoms with E-state index in [1.165, 1.54) is 107 Å². The van der Waals surface area contributed by atoms with Gasteiger partial charge in [0.15, 0.2) is 0 Å². The van der Waals surface area contributed by atoms with Crippen LogP contribution in [0.2, 0.25) is 0 Å². The summed E-state index contributed by atoms with van der Waals surface area (Å²) in [6.07, 6.45) is 17.7. The molecule has 29 heavy (non-hydrogen) atoms. The molecule has 0 rings (SSSR count). The molecular weight excluding hydrogens is 404 g/mol. The predicted molar refractivity (Wildman–Crippen MR) is 128 cm³/mol. The highest BCUT2D eigenvalue weighted by molar-refractivity contribution is 7.99. The van der Waals surface area contributed by atoms with Gasteiger partial charge in [-0.15, -0.1) is 0 Å². The number of hydrogen-bond acceptors (Lipinski definition) is 6. The van der Waals surface area contributed by atoms with Gasteiger partial charge in [-0.3, -0.25) is 9.59 Å². The van der Waals surface area contributed by atoms with Gasteiger partial charge in [-0.2, -0.15) is 23.5 Å². The molecule has 172 valence electrons. The molecule has 0 aromatic carbocycles.